The summed E-state index contributed by atoms with van der Waals surface area (Å²) in [5.74, 6) is 0. The summed E-state index contributed by atoms with van der Waals surface area (Å²) in [6.07, 6.45) is 2.30. The zero-order valence-corrected chi connectivity index (χ0v) is 10.3. The Labute approximate surface area is 83.5 Å². The topological polar surface area (TPSA) is 26.0 Å². The maximum absolute atomic E-state index is 5.65. The van der Waals surface area contributed by atoms with E-state index in [1.54, 1.807) is 0 Å². The molecule has 0 radical (unpaired) electrons. The zero-order valence-electron chi connectivity index (χ0n) is 9.44. The molecular formula is C10H25NS. The van der Waals surface area contributed by atoms with Crippen molar-refractivity contribution >= 4 is 12.6 Å². The molecule has 0 heterocycles. The molecule has 0 fully saturated rings. The van der Waals surface area contributed by atoms with Gasteiger partial charge in [-0.15, -0.1) is 0 Å². The molecule has 0 amide bonds. The minimum atomic E-state index is 0.0503. The Hall–Kier alpha value is 0.310. The Morgan fingerprint density at radius 1 is 1.08 bits per heavy atom. The van der Waals surface area contributed by atoms with Crippen molar-refractivity contribution in [3.05, 3.63) is 0 Å². The van der Waals surface area contributed by atoms with Crippen LogP contribution in [-0.4, -0.2) is 10.3 Å². The summed E-state index contributed by atoms with van der Waals surface area (Å²) in [7, 11) is 0. The van der Waals surface area contributed by atoms with Crippen LogP contribution in [0.2, 0.25) is 0 Å². The lowest BCUT2D eigenvalue weighted by molar-refractivity contribution is 0.470. The predicted octanol–water partition coefficient (Wildman–Crippen LogP) is 3.24. The van der Waals surface area contributed by atoms with Crippen molar-refractivity contribution in [2.45, 2.75) is 64.7 Å². The molecule has 0 unspecified atom stereocenters. The number of thiol groups is 1. The summed E-state index contributed by atoms with van der Waals surface area (Å²) in [4.78, 5) is 0. The first-order valence-electron chi connectivity index (χ1n) is 4.57. The van der Waals surface area contributed by atoms with Crippen molar-refractivity contribution in [1.82, 2.24) is 0 Å². The molecule has 0 aliphatic carbocycles. The van der Waals surface area contributed by atoms with E-state index in [4.69, 9.17) is 5.73 Å². The van der Waals surface area contributed by atoms with Crippen molar-refractivity contribution in [3.63, 3.8) is 0 Å². The molecule has 0 aliphatic rings. The molecule has 0 aromatic heterocycles. The molecule has 2 heteroatoms. The van der Waals surface area contributed by atoms with Crippen LogP contribution in [0.3, 0.4) is 0 Å². The van der Waals surface area contributed by atoms with Gasteiger partial charge in [0.05, 0.1) is 0 Å². The monoisotopic (exact) mass is 191 g/mol. The molecule has 0 bridgehead atoms. The van der Waals surface area contributed by atoms with Crippen LogP contribution >= 0.6 is 12.6 Å². The highest BCUT2D eigenvalue weighted by molar-refractivity contribution is 7.81. The molecule has 0 saturated heterocycles. The lowest BCUT2D eigenvalue weighted by Gasteiger charge is -2.15. The van der Waals surface area contributed by atoms with Crippen molar-refractivity contribution < 1.29 is 0 Å². The fourth-order valence-electron chi connectivity index (χ4n) is 0.644. The summed E-state index contributed by atoms with van der Waals surface area (Å²) in [5, 5.41) is 0. The summed E-state index contributed by atoms with van der Waals surface area (Å²) < 4.78 is 0.194. The lowest BCUT2D eigenvalue weighted by Crippen LogP contribution is -2.31. The molecule has 0 atom stereocenters. The molecular weight excluding hydrogens is 166 g/mol. The Balaban J connectivity index is 0. The molecule has 0 saturated carbocycles. The van der Waals surface area contributed by atoms with E-state index >= 15 is 0 Å². The molecule has 0 aromatic carbocycles. The average Bonchev–Trinajstić information content (AvgIpc) is 1.54. The standard InChI is InChI=1S/C6H15N.C4H10S/c1-4-5-6(2,3)7;1-4(2,3)5/h4-5,7H2,1-3H3;5H,1-3H3. The Morgan fingerprint density at radius 3 is 1.33 bits per heavy atom. The molecule has 1 nitrogen and oxygen atoms in total. The fraction of sp³-hybridized carbons (Fsp3) is 1.00. The van der Waals surface area contributed by atoms with Crippen LogP contribution in [0.5, 0.6) is 0 Å². The number of hydrogen-bond acceptors (Lipinski definition) is 2. The van der Waals surface area contributed by atoms with E-state index in [0.29, 0.717) is 0 Å². The van der Waals surface area contributed by atoms with Crippen LogP contribution in [0.4, 0.5) is 0 Å². The molecule has 0 rings (SSSR count). The lowest BCUT2D eigenvalue weighted by atomic mass is 10.0. The van der Waals surface area contributed by atoms with Crippen LogP contribution in [0.25, 0.3) is 0 Å². The van der Waals surface area contributed by atoms with Crippen molar-refractivity contribution in [2.75, 3.05) is 0 Å². The minimum absolute atomic E-state index is 0.0503. The summed E-state index contributed by atoms with van der Waals surface area (Å²) in [5.41, 5.74) is 5.70. The zero-order chi connectivity index (χ0) is 10.4. The summed E-state index contributed by atoms with van der Waals surface area (Å²) in [6.45, 7) is 12.4. The van der Waals surface area contributed by atoms with E-state index in [1.165, 1.54) is 6.42 Å². The van der Waals surface area contributed by atoms with Gasteiger partial charge in [-0.05, 0) is 20.3 Å². The van der Waals surface area contributed by atoms with E-state index in [1.807, 2.05) is 0 Å². The van der Waals surface area contributed by atoms with Crippen LogP contribution in [0.1, 0.15) is 54.4 Å². The van der Waals surface area contributed by atoms with E-state index < -0.39 is 0 Å². The first-order valence-corrected chi connectivity index (χ1v) is 5.02. The SMILES string of the molecule is CC(C)(C)S.CCCC(C)(C)N. The first kappa shape index (κ1) is 14.8. The normalized spacial score (nSPS) is 12.0. The van der Waals surface area contributed by atoms with Crippen LogP contribution in [0, 0.1) is 0 Å². The third kappa shape index (κ3) is 48.1. The number of nitrogens with two attached hydrogens (primary N) is 1. The third-order valence-corrected chi connectivity index (χ3v) is 0.894. The van der Waals surface area contributed by atoms with Crippen molar-refractivity contribution in [1.29, 1.82) is 0 Å². The van der Waals surface area contributed by atoms with Gasteiger partial charge in [-0.3, -0.25) is 0 Å². The van der Waals surface area contributed by atoms with Gasteiger partial charge < -0.3 is 5.73 Å². The Kier molecular flexibility index (Phi) is 7.25. The maximum atomic E-state index is 5.65. The highest BCUT2D eigenvalue weighted by atomic mass is 32.1. The van der Waals surface area contributed by atoms with Gasteiger partial charge in [-0.2, -0.15) is 12.6 Å². The van der Waals surface area contributed by atoms with Crippen LogP contribution < -0.4 is 5.73 Å². The molecule has 76 valence electrons. The quantitative estimate of drug-likeness (QED) is 0.644. The second kappa shape index (κ2) is 5.87. The molecule has 12 heavy (non-hydrogen) atoms. The second-order valence-electron chi connectivity index (χ2n) is 4.91. The molecule has 0 aliphatic heterocycles. The fourth-order valence-corrected chi connectivity index (χ4v) is 0.644. The molecule has 0 aromatic rings. The van der Waals surface area contributed by atoms with E-state index in [9.17, 15) is 0 Å². The summed E-state index contributed by atoms with van der Waals surface area (Å²) >= 11 is 4.12. The average molecular weight is 191 g/mol. The van der Waals surface area contributed by atoms with Gasteiger partial charge in [0.25, 0.3) is 0 Å². The van der Waals surface area contributed by atoms with Crippen molar-refractivity contribution in [2.24, 2.45) is 5.73 Å². The Morgan fingerprint density at radius 2 is 1.33 bits per heavy atom. The van der Waals surface area contributed by atoms with Gasteiger partial charge in [-0.25, -0.2) is 0 Å². The van der Waals surface area contributed by atoms with Gasteiger partial charge in [0, 0.05) is 10.3 Å². The van der Waals surface area contributed by atoms with Crippen molar-refractivity contribution in [3.8, 4) is 0 Å². The van der Waals surface area contributed by atoms with E-state index in [0.717, 1.165) is 6.42 Å². The number of rotatable bonds is 2. The van der Waals surface area contributed by atoms with E-state index in [2.05, 4.69) is 54.2 Å². The highest BCUT2D eigenvalue weighted by Gasteiger charge is 2.06. The highest BCUT2D eigenvalue weighted by Crippen LogP contribution is 2.07. The Bertz CT molecular complexity index is 91.4. The predicted molar refractivity (Wildman–Crippen MR) is 61.9 cm³/mol. The van der Waals surface area contributed by atoms with E-state index in [-0.39, 0.29) is 10.3 Å². The largest absolute Gasteiger partial charge is 0.326 e. The second-order valence-corrected chi connectivity index (χ2v) is 6.25. The minimum Gasteiger partial charge on any atom is -0.326 e. The van der Waals surface area contributed by atoms with Gasteiger partial charge in [0.2, 0.25) is 0 Å². The van der Waals surface area contributed by atoms with Gasteiger partial charge >= 0.3 is 0 Å². The third-order valence-electron chi connectivity index (χ3n) is 0.894. The maximum Gasteiger partial charge on any atom is 0.00969 e. The smallest absolute Gasteiger partial charge is 0.00969 e. The van der Waals surface area contributed by atoms with Gasteiger partial charge in [0.1, 0.15) is 0 Å². The van der Waals surface area contributed by atoms with Gasteiger partial charge in [0.15, 0.2) is 0 Å². The van der Waals surface area contributed by atoms with Crippen LogP contribution in [0.15, 0.2) is 0 Å². The summed E-state index contributed by atoms with van der Waals surface area (Å²) in [6, 6.07) is 0. The van der Waals surface area contributed by atoms with Crippen LogP contribution in [-0.2, 0) is 0 Å². The molecule has 0 spiro atoms. The first-order chi connectivity index (χ1) is 5.06. The van der Waals surface area contributed by atoms with Gasteiger partial charge in [-0.1, -0.05) is 34.1 Å². The molecule has 2 N–H and O–H groups in total. The number of hydrogen-bond donors (Lipinski definition) is 2.